The van der Waals surface area contributed by atoms with E-state index >= 15 is 0 Å². The number of nitrogens with one attached hydrogen (secondary N) is 1. The molecule has 1 N–H and O–H groups in total. The van der Waals surface area contributed by atoms with Crippen LogP contribution in [-0.4, -0.2) is 43.3 Å². The maximum Gasteiger partial charge on any atom is 0.264 e. The lowest BCUT2D eigenvalue weighted by Crippen LogP contribution is -2.54. The Labute approximate surface area is 267 Å². The molecular weight excluding hydrogens is 642 g/mol. The lowest BCUT2D eigenvalue weighted by atomic mass is 10.1. The van der Waals surface area contributed by atoms with E-state index in [0.717, 1.165) is 14.3 Å². The zero-order valence-corrected chi connectivity index (χ0v) is 27.5. The Balaban J connectivity index is 1.69. The number of hydrogen-bond donors (Lipinski definition) is 1. The highest BCUT2D eigenvalue weighted by atomic mass is 79.9. The number of nitrogens with zero attached hydrogens (tertiary/aromatic N) is 2. The molecule has 0 aliphatic carbocycles. The van der Waals surface area contributed by atoms with Gasteiger partial charge in [0, 0.05) is 16.6 Å². The van der Waals surface area contributed by atoms with Gasteiger partial charge in [-0.15, -0.1) is 0 Å². The summed E-state index contributed by atoms with van der Waals surface area (Å²) in [6.07, 6.45) is 0. The maximum atomic E-state index is 14.1. The molecule has 0 radical (unpaired) electrons. The van der Waals surface area contributed by atoms with Gasteiger partial charge >= 0.3 is 0 Å². The van der Waals surface area contributed by atoms with E-state index in [2.05, 4.69) is 21.2 Å². The van der Waals surface area contributed by atoms with Crippen LogP contribution >= 0.6 is 15.9 Å². The Kier molecular flexibility index (Phi) is 10.5. The van der Waals surface area contributed by atoms with Gasteiger partial charge in [0.1, 0.15) is 24.1 Å². The summed E-state index contributed by atoms with van der Waals surface area (Å²) in [6, 6.07) is 30.2. The minimum atomic E-state index is -4.17. The molecule has 1 unspecified atom stereocenters. The Morgan fingerprint density at radius 2 is 1.36 bits per heavy atom. The zero-order valence-electron chi connectivity index (χ0n) is 25.1. The molecule has 0 aliphatic heterocycles. The van der Waals surface area contributed by atoms with Crippen LogP contribution in [0.2, 0.25) is 0 Å². The number of sulfonamides is 1. The molecule has 1 atom stereocenters. The third-order valence-electron chi connectivity index (χ3n) is 6.65. The molecule has 0 saturated carbocycles. The number of hydrogen-bond acceptors (Lipinski definition) is 5. The van der Waals surface area contributed by atoms with Crippen molar-refractivity contribution in [1.29, 1.82) is 0 Å². The van der Waals surface area contributed by atoms with Crippen LogP contribution in [0.5, 0.6) is 11.5 Å². The highest BCUT2D eigenvalue weighted by Gasteiger charge is 2.33. The van der Waals surface area contributed by atoms with Crippen molar-refractivity contribution in [2.45, 2.75) is 50.7 Å². The average Bonchev–Trinajstić information content (AvgIpc) is 2.99. The monoisotopic (exact) mass is 677 g/mol. The quantitative estimate of drug-likeness (QED) is 0.189. The molecule has 230 valence electrons. The number of carbonyl (C=O) groups excluding carboxylic acids is 2. The molecule has 0 spiro atoms. The van der Waals surface area contributed by atoms with Gasteiger partial charge in [-0.2, -0.15) is 0 Å². The van der Waals surface area contributed by atoms with Crippen molar-refractivity contribution in [3.63, 3.8) is 0 Å². The Morgan fingerprint density at radius 3 is 1.93 bits per heavy atom. The summed E-state index contributed by atoms with van der Waals surface area (Å²) in [6.45, 7) is 6.80. The van der Waals surface area contributed by atoms with E-state index in [1.165, 1.54) is 17.0 Å². The van der Waals surface area contributed by atoms with Gasteiger partial charge in [0.25, 0.3) is 10.0 Å². The fourth-order valence-corrected chi connectivity index (χ4v) is 6.10. The molecule has 8 nitrogen and oxygen atoms in total. The van der Waals surface area contributed by atoms with E-state index in [0.29, 0.717) is 11.5 Å². The summed E-state index contributed by atoms with van der Waals surface area (Å²) < 4.78 is 35.8. The highest BCUT2D eigenvalue weighted by molar-refractivity contribution is 9.10. The van der Waals surface area contributed by atoms with Gasteiger partial charge in [-0.3, -0.25) is 13.9 Å². The lowest BCUT2D eigenvalue weighted by molar-refractivity contribution is -0.140. The Hall–Kier alpha value is -4.15. The second-order valence-electron chi connectivity index (χ2n) is 11.3. The van der Waals surface area contributed by atoms with Crippen molar-refractivity contribution in [2.75, 3.05) is 10.8 Å². The number of rotatable bonds is 11. The first-order valence-electron chi connectivity index (χ1n) is 14.1. The molecule has 0 aromatic heterocycles. The molecule has 0 fully saturated rings. The Morgan fingerprint density at radius 1 is 0.818 bits per heavy atom. The van der Waals surface area contributed by atoms with Crippen LogP contribution in [0.15, 0.2) is 119 Å². The van der Waals surface area contributed by atoms with E-state index < -0.39 is 34.1 Å². The molecule has 2 amide bonds. The predicted molar refractivity (Wildman–Crippen MR) is 176 cm³/mol. The van der Waals surface area contributed by atoms with Gasteiger partial charge in [-0.25, -0.2) is 8.42 Å². The van der Waals surface area contributed by atoms with E-state index in [1.54, 1.807) is 49.4 Å². The van der Waals surface area contributed by atoms with Gasteiger partial charge in [0.15, 0.2) is 0 Å². The smallest absolute Gasteiger partial charge is 0.264 e. The van der Waals surface area contributed by atoms with Gasteiger partial charge < -0.3 is 15.0 Å². The average molecular weight is 679 g/mol. The summed E-state index contributed by atoms with van der Waals surface area (Å²) in [7, 11) is -4.17. The van der Waals surface area contributed by atoms with Crippen molar-refractivity contribution in [3.05, 3.63) is 119 Å². The van der Waals surface area contributed by atoms with E-state index in [9.17, 15) is 18.0 Å². The molecule has 4 aromatic rings. The molecular formula is C34H36BrN3O5S. The fraction of sp³-hybridized carbons (Fsp3) is 0.235. The fourth-order valence-electron chi connectivity index (χ4n) is 4.40. The standard InChI is InChI=1S/C34H36BrN3O5S/c1-25(33(40)36-34(2,3)4)37(23-26-15-17-27(35)18-16-26)32(39)24-38(44(41,42)31-13-9-6-10-14-31)28-19-21-30(22-20-28)43-29-11-7-5-8-12-29/h5-22,25H,23-24H2,1-4H3,(H,36,40). The SMILES string of the molecule is CC(C(=O)NC(C)(C)C)N(Cc1ccc(Br)cc1)C(=O)CN(c1ccc(Oc2ccccc2)cc1)S(=O)(=O)c1ccccc1. The second kappa shape index (κ2) is 14.1. The summed E-state index contributed by atoms with van der Waals surface area (Å²) in [5, 5.41) is 2.93. The minimum Gasteiger partial charge on any atom is -0.457 e. The number of benzene rings is 4. The van der Waals surface area contributed by atoms with Crippen LogP contribution < -0.4 is 14.4 Å². The van der Waals surface area contributed by atoms with Crippen LogP contribution in [0.3, 0.4) is 0 Å². The van der Waals surface area contributed by atoms with E-state index in [-0.39, 0.29) is 23.0 Å². The van der Waals surface area contributed by atoms with Crippen molar-refractivity contribution < 1.29 is 22.7 Å². The van der Waals surface area contributed by atoms with Gasteiger partial charge in [0.05, 0.1) is 10.6 Å². The first-order valence-corrected chi connectivity index (χ1v) is 16.3. The minimum absolute atomic E-state index is 0.0374. The van der Waals surface area contributed by atoms with Crippen LogP contribution in [-0.2, 0) is 26.2 Å². The topological polar surface area (TPSA) is 96.0 Å². The second-order valence-corrected chi connectivity index (χ2v) is 14.1. The van der Waals surface area contributed by atoms with Crippen molar-refractivity contribution in [3.8, 4) is 11.5 Å². The van der Waals surface area contributed by atoms with Gasteiger partial charge in [-0.1, -0.05) is 64.5 Å². The van der Waals surface area contributed by atoms with Crippen LogP contribution in [0.4, 0.5) is 5.69 Å². The molecule has 10 heteroatoms. The van der Waals surface area contributed by atoms with Crippen LogP contribution in [0, 0.1) is 0 Å². The molecule has 0 saturated heterocycles. The number of amides is 2. The number of anilines is 1. The Bertz CT molecular complexity index is 1660. The van der Waals surface area contributed by atoms with Crippen molar-refractivity contribution in [2.24, 2.45) is 0 Å². The van der Waals surface area contributed by atoms with Gasteiger partial charge in [0.2, 0.25) is 11.8 Å². The first-order chi connectivity index (χ1) is 20.8. The summed E-state index contributed by atoms with van der Waals surface area (Å²) >= 11 is 3.42. The van der Waals surface area contributed by atoms with Crippen LogP contribution in [0.1, 0.15) is 33.3 Å². The third-order valence-corrected chi connectivity index (χ3v) is 8.96. The summed E-state index contributed by atoms with van der Waals surface area (Å²) in [5.41, 5.74) is 0.541. The summed E-state index contributed by atoms with van der Waals surface area (Å²) in [4.78, 5) is 28.8. The number of para-hydroxylation sites is 1. The first kappa shape index (κ1) is 32.8. The van der Waals surface area contributed by atoms with Crippen molar-refractivity contribution >= 4 is 43.5 Å². The molecule has 44 heavy (non-hydrogen) atoms. The summed E-state index contributed by atoms with van der Waals surface area (Å²) in [5.74, 6) is 0.263. The largest absolute Gasteiger partial charge is 0.457 e. The van der Waals surface area contributed by atoms with Crippen molar-refractivity contribution in [1.82, 2.24) is 10.2 Å². The molecule has 0 heterocycles. The number of halogens is 1. The normalized spacial score (nSPS) is 12.2. The highest BCUT2D eigenvalue weighted by Crippen LogP contribution is 2.28. The molecule has 4 rings (SSSR count). The lowest BCUT2D eigenvalue weighted by Gasteiger charge is -2.33. The molecule has 4 aromatic carbocycles. The predicted octanol–water partition coefficient (Wildman–Crippen LogP) is 6.77. The maximum absolute atomic E-state index is 14.1. The van der Waals surface area contributed by atoms with E-state index in [4.69, 9.17) is 4.74 Å². The third kappa shape index (κ3) is 8.70. The molecule has 0 bridgehead atoms. The van der Waals surface area contributed by atoms with Gasteiger partial charge in [-0.05, 0) is 93.9 Å². The van der Waals surface area contributed by atoms with Crippen LogP contribution in [0.25, 0.3) is 0 Å². The van der Waals surface area contributed by atoms with E-state index in [1.807, 2.05) is 75.4 Å². The number of ether oxygens (including phenoxy) is 1. The zero-order chi connectivity index (χ0) is 31.9. The number of carbonyl (C=O) groups is 2. The molecule has 0 aliphatic rings.